The number of fused-ring (bicyclic) bond motifs is 5. The third kappa shape index (κ3) is 2.75. The van der Waals surface area contributed by atoms with Crippen molar-refractivity contribution in [2.45, 2.75) is 70.8 Å². The Morgan fingerprint density at radius 2 is 1.93 bits per heavy atom. The summed E-state index contributed by atoms with van der Waals surface area (Å²) in [7, 11) is 0. The summed E-state index contributed by atoms with van der Waals surface area (Å²) < 4.78 is 11.1. The molecule has 28 heavy (non-hydrogen) atoms. The molecule has 0 saturated heterocycles. The van der Waals surface area contributed by atoms with Crippen molar-refractivity contribution in [2.24, 2.45) is 17.3 Å². The van der Waals surface area contributed by atoms with Crippen molar-refractivity contribution in [1.82, 2.24) is 0 Å². The van der Waals surface area contributed by atoms with Gasteiger partial charge in [-0.25, -0.2) is 0 Å². The van der Waals surface area contributed by atoms with E-state index in [2.05, 4.69) is 18.9 Å². The molecule has 4 unspecified atom stereocenters. The van der Waals surface area contributed by atoms with Crippen LogP contribution >= 0.6 is 0 Å². The maximum atomic E-state index is 11.8. The number of rotatable bonds is 2. The minimum Gasteiger partial charge on any atom is -0.445 e. The average Bonchev–Trinajstić information content (AvgIpc) is 2.93. The molecule has 4 heteroatoms. The van der Waals surface area contributed by atoms with Gasteiger partial charge < -0.3 is 9.47 Å². The van der Waals surface area contributed by atoms with Crippen LogP contribution < -0.4 is 4.74 Å². The molecule has 0 N–H and O–H groups in total. The van der Waals surface area contributed by atoms with Gasteiger partial charge in [0.25, 0.3) is 0 Å². The van der Waals surface area contributed by atoms with Crippen LogP contribution in [0, 0.1) is 29.6 Å². The monoisotopic (exact) mass is 380 g/mol. The van der Waals surface area contributed by atoms with Crippen LogP contribution in [0.4, 0.5) is 0 Å². The number of esters is 2. The molecule has 0 bridgehead atoms. The SMILES string of the molecule is C#C[C@]1(OC(C)=O)CCC2C3CCc4cc(OC(C)=O)ccc4C3CCC21C. The molecule has 4 nitrogen and oxygen atoms in total. The van der Waals surface area contributed by atoms with Crippen LogP contribution in [0.5, 0.6) is 5.75 Å². The average molecular weight is 380 g/mol. The third-order valence-corrected chi connectivity index (χ3v) is 7.63. The molecule has 0 spiro atoms. The summed E-state index contributed by atoms with van der Waals surface area (Å²) in [5.41, 5.74) is 1.75. The first-order valence-corrected chi connectivity index (χ1v) is 10.3. The molecular formula is C24H28O4. The fraction of sp³-hybridized carbons (Fsp3) is 0.583. The molecule has 3 aliphatic carbocycles. The first-order chi connectivity index (χ1) is 13.3. The molecule has 0 heterocycles. The quantitative estimate of drug-likeness (QED) is 0.433. The van der Waals surface area contributed by atoms with Gasteiger partial charge in [0.2, 0.25) is 0 Å². The Labute approximate surface area is 167 Å². The van der Waals surface area contributed by atoms with Crippen molar-refractivity contribution < 1.29 is 19.1 Å². The van der Waals surface area contributed by atoms with Crippen molar-refractivity contribution in [3.05, 3.63) is 29.3 Å². The number of carbonyl (C=O) groups excluding carboxylic acids is 2. The highest BCUT2D eigenvalue weighted by atomic mass is 16.6. The summed E-state index contributed by atoms with van der Waals surface area (Å²) in [6.45, 7) is 5.13. The minimum atomic E-state index is -0.770. The predicted molar refractivity (Wildman–Crippen MR) is 106 cm³/mol. The summed E-state index contributed by atoms with van der Waals surface area (Å²) in [6, 6.07) is 6.08. The van der Waals surface area contributed by atoms with Gasteiger partial charge in [0.1, 0.15) is 5.75 Å². The second kappa shape index (κ2) is 6.65. The van der Waals surface area contributed by atoms with Gasteiger partial charge in [-0.3, -0.25) is 9.59 Å². The van der Waals surface area contributed by atoms with Gasteiger partial charge >= 0.3 is 11.9 Å². The number of ether oxygens (including phenoxy) is 2. The van der Waals surface area contributed by atoms with E-state index < -0.39 is 5.60 Å². The Morgan fingerprint density at radius 1 is 1.14 bits per heavy atom. The molecule has 2 saturated carbocycles. The number of hydrogen-bond acceptors (Lipinski definition) is 4. The number of benzene rings is 1. The lowest BCUT2D eigenvalue weighted by molar-refractivity contribution is -0.165. The summed E-state index contributed by atoms with van der Waals surface area (Å²) in [6.07, 6.45) is 11.8. The van der Waals surface area contributed by atoms with E-state index in [0.29, 0.717) is 23.5 Å². The lowest BCUT2D eigenvalue weighted by Gasteiger charge is -2.52. The van der Waals surface area contributed by atoms with E-state index in [1.807, 2.05) is 12.1 Å². The van der Waals surface area contributed by atoms with E-state index in [1.54, 1.807) is 0 Å². The minimum absolute atomic E-state index is 0.163. The lowest BCUT2D eigenvalue weighted by Crippen LogP contribution is -2.52. The Hall–Kier alpha value is -2.28. The Balaban J connectivity index is 1.64. The van der Waals surface area contributed by atoms with E-state index in [-0.39, 0.29) is 17.4 Å². The number of carbonyl (C=O) groups is 2. The zero-order valence-corrected chi connectivity index (χ0v) is 16.9. The standard InChI is InChI=1S/C24H28O4/c1-5-24(28-16(3)26)13-11-22-21-8-6-17-14-18(27-15(2)25)7-9-19(17)20(21)10-12-23(22,24)4/h1,7,9,14,20-22H,6,8,10-13H2,2-4H3/t20?,21?,22?,23?,24-/m0/s1. The number of terminal acetylenes is 1. The molecule has 1 aromatic rings. The Bertz CT molecular complexity index is 866. The van der Waals surface area contributed by atoms with Gasteiger partial charge in [0, 0.05) is 19.3 Å². The van der Waals surface area contributed by atoms with Gasteiger partial charge in [-0.15, -0.1) is 6.42 Å². The highest BCUT2D eigenvalue weighted by Crippen LogP contribution is 2.65. The normalized spacial score (nSPS) is 35.7. The molecule has 5 atom stereocenters. The Morgan fingerprint density at radius 3 is 2.61 bits per heavy atom. The lowest BCUT2D eigenvalue weighted by atomic mass is 9.53. The zero-order valence-electron chi connectivity index (χ0n) is 16.9. The van der Waals surface area contributed by atoms with Crippen molar-refractivity contribution in [2.75, 3.05) is 0 Å². The highest BCUT2D eigenvalue weighted by Gasteiger charge is 2.63. The molecule has 3 aliphatic rings. The van der Waals surface area contributed by atoms with Crippen molar-refractivity contribution >= 4 is 11.9 Å². The van der Waals surface area contributed by atoms with Crippen LogP contribution in [0.25, 0.3) is 0 Å². The van der Waals surface area contributed by atoms with Crippen molar-refractivity contribution in [3.8, 4) is 18.1 Å². The molecule has 0 amide bonds. The van der Waals surface area contributed by atoms with Gasteiger partial charge in [0.15, 0.2) is 5.60 Å². The third-order valence-electron chi connectivity index (χ3n) is 7.63. The molecular weight excluding hydrogens is 352 g/mol. The first kappa shape index (κ1) is 19.1. The Kier molecular flexibility index (Phi) is 4.53. The van der Waals surface area contributed by atoms with E-state index in [1.165, 1.54) is 25.0 Å². The summed E-state index contributed by atoms with van der Waals surface area (Å²) in [5.74, 6) is 4.47. The van der Waals surface area contributed by atoms with Crippen LogP contribution in [0.3, 0.4) is 0 Å². The summed E-state index contributed by atoms with van der Waals surface area (Å²) >= 11 is 0. The molecule has 148 valence electrons. The van der Waals surface area contributed by atoms with Gasteiger partial charge in [-0.2, -0.15) is 0 Å². The molecule has 4 rings (SSSR count). The maximum absolute atomic E-state index is 11.8. The van der Waals surface area contributed by atoms with Gasteiger partial charge in [0.05, 0.1) is 0 Å². The predicted octanol–water partition coefficient (Wildman–Crippen LogP) is 4.40. The molecule has 2 fully saturated rings. The topological polar surface area (TPSA) is 52.6 Å². The van der Waals surface area contributed by atoms with Crippen LogP contribution in [0.1, 0.15) is 69.9 Å². The summed E-state index contributed by atoms with van der Waals surface area (Å²) in [5, 5.41) is 0. The van der Waals surface area contributed by atoms with Gasteiger partial charge in [-0.1, -0.05) is 18.9 Å². The summed E-state index contributed by atoms with van der Waals surface area (Å²) in [4.78, 5) is 23.0. The van der Waals surface area contributed by atoms with E-state index in [9.17, 15) is 9.59 Å². The fourth-order valence-corrected chi connectivity index (χ4v) is 6.47. The van der Waals surface area contributed by atoms with Crippen LogP contribution in [-0.2, 0) is 20.7 Å². The van der Waals surface area contributed by atoms with Crippen molar-refractivity contribution in [3.63, 3.8) is 0 Å². The zero-order chi connectivity index (χ0) is 20.1. The molecule has 1 aromatic carbocycles. The number of hydrogen-bond donors (Lipinski definition) is 0. The second-order valence-corrected chi connectivity index (χ2v) is 8.93. The van der Waals surface area contributed by atoms with E-state index in [0.717, 1.165) is 38.5 Å². The van der Waals surface area contributed by atoms with Crippen LogP contribution in [0.2, 0.25) is 0 Å². The van der Waals surface area contributed by atoms with Crippen LogP contribution in [0.15, 0.2) is 18.2 Å². The fourth-order valence-electron chi connectivity index (χ4n) is 6.47. The van der Waals surface area contributed by atoms with Gasteiger partial charge in [-0.05, 0) is 79.5 Å². The number of aryl methyl sites for hydroxylation is 1. The largest absolute Gasteiger partial charge is 0.445 e. The van der Waals surface area contributed by atoms with Crippen molar-refractivity contribution in [1.29, 1.82) is 0 Å². The van der Waals surface area contributed by atoms with Crippen LogP contribution in [-0.4, -0.2) is 17.5 Å². The van der Waals surface area contributed by atoms with E-state index >= 15 is 0 Å². The highest BCUT2D eigenvalue weighted by molar-refractivity contribution is 5.69. The second-order valence-electron chi connectivity index (χ2n) is 8.93. The van der Waals surface area contributed by atoms with E-state index in [4.69, 9.17) is 15.9 Å². The molecule has 0 radical (unpaired) electrons. The molecule has 0 aromatic heterocycles. The first-order valence-electron chi connectivity index (χ1n) is 10.3. The maximum Gasteiger partial charge on any atom is 0.308 e. The molecule has 0 aliphatic heterocycles. The smallest absolute Gasteiger partial charge is 0.308 e.